The fraction of sp³-hybridized carbons (Fsp3) is 0.0789. The standard InChI is InChI=1S/C76H52N6/c1-75(2)60-31-16-12-27-52(60)54-37-41-66-68(70(54)75)56-29-14-18-33-62(56)81(66)64-39-35-49(48-25-20-26-51(43-48)77-5)44-58(64)59-45-50(74-79-72(46-21-8-6-9-22-46)78-73(80-74)47-23-10-7-11-24-47)36-40-65(59)82-63-34-19-15-30-57(63)69-67(82)42-38-55-53-28-13-17-32-61(53)76(3,4)71(55)69/h6-45H,1-4H3. The Balaban J connectivity index is 1.04. The van der Waals surface area contributed by atoms with Crippen molar-refractivity contribution in [2.75, 3.05) is 0 Å². The summed E-state index contributed by atoms with van der Waals surface area (Å²) in [5.41, 5.74) is 23.7. The van der Waals surface area contributed by atoms with Gasteiger partial charge < -0.3 is 9.13 Å². The Morgan fingerprint density at radius 2 is 0.744 bits per heavy atom. The summed E-state index contributed by atoms with van der Waals surface area (Å²) in [6, 6.07) is 87.1. The number of nitrogens with zero attached hydrogens (tertiary/aromatic N) is 6. The molecule has 3 heterocycles. The maximum atomic E-state index is 8.08. The SMILES string of the molecule is [C-]#[N+]c1cccc(-c2ccc(-n3c4ccccc4c4c5c(ccc43)-c3ccccc3C5(C)C)c(-c3cc(-c4nc(-c5ccccc5)nc(-c5ccccc5)n4)ccc3-n3c4ccccc4c4c5c(ccc43)-c3ccccc3C5(C)C)c2)c1. The minimum Gasteiger partial charge on any atom is -0.309 e. The molecule has 0 fully saturated rings. The normalized spacial score (nSPS) is 13.5. The van der Waals surface area contributed by atoms with Gasteiger partial charge in [0.1, 0.15) is 0 Å². The fourth-order valence-electron chi connectivity index (χ4n) is 14.1. The lowest BCUT2D eigenvalue weighted by Crippen LogP contribution is -2.15. The van der Waals surface area contributed by atoms with Crippen LogP contribution in [0.5, 0.6) is 0 Å². The van der Waals surface area contributed by atoms with Gasteiger partial charge in [-0.15, -0.1) is 0 Å². The van der Waals surface area contributed by atoms with Gasteiger partial charge >= 0.3 is 0 Å². The molecule has 0 saturated heterocycles. The van der Waals surface area contributed by atoms with Gasteiger partial charge in [-0.1, -0.05) is 210 Å². The Hall–Kier alpha value is -10.5. The molecule has 2 aliphatic carbocycles. The zero-order valence-electron chi connectivity index (χ0n) is 45.8. The molecule has 386 valence electrons. The van der Waals surface area contributed by atoms with E-state index in [0.717, 1.165) is 72.4 Å². The number of fused-ring (bicyclic) bond motifs is 14. The number of benzene rings is 11. The Labute approximate surface area is 475 Å². The average molecular weight is 1050 g/mol. The van der Waals surface area contributed by atoms with E-state index in [1.807, 2.05) is 54.6 Å². The third-order valence-electron chi connectivity index (χ3n) is 17.7. The number of rotatable bonds is 7. The molecule has 0 aliphatic heterocycles. The molecule has 6 heteroatoms. The summed E-state index contributed by atoms with van der Waals surface area (Å²) in [5.74, 6) is 1.76. The van der Waals surface area contributed by atoms with Crippen LogP contribution in [-0.2, 0) is 10.8 Å². The van der Waals surface area contributed by atoms with Crippen molar-refractivity contribution in [1.29, 1.82) is 0 Å². The molecule has 0 amide bonds. The number of hydrogen-bond donors (Lipinski definition) is 0. The van der Waals surface area contributed by atoms with Crippen LogP contribution in [0.15, 0.2) is 243 Å². The topological polar surface area (TPSA) is 52.9 Å². The van der Waals surface area contributed by atoms with Gasteiger partial charge in [-0.25, -0.2) is 19.8 Å². The summed E-state index contributed by atoms with van der Waals surface area (Å²) in [5, 5.41) is 4.92. The molecule has 3 aromatic heterocycles. The molecule has 0 bridgehead atoms. The van der Waals surface area contributed by atoms with Crippen LogP contribution in [0.25, 0.3) is 139 Å². The van der Waals surface area contributed by atoms with Crippen LogP contribution in [0.2, 0.25) is 0 Å². The average Bonchev–Trinajstić information content (AvgIpc) is 1.84. The molecular formula is C76H52N6. The predicted molar refractivity (Wildman–Crippen MR) is 337 cm³/mol. The van der Waals surface area contributed by atoms with Crippen LogP contribution in [-0.4, -0.2) is 24.1 Å². The summed E-state index contributed by atoms with van der Waals surface area (Å²) in [7, 11) is 0. The quantitative estimate of drug-likeness (QED) is 0.149. The van der Waals surface area contributed by atoms with Crippen molar-refractivity contribution in [3.05, 3.63) is 276 Å². The van der Waals surface area contributed by atoms with Crippen molar-refractivity contribution in [2.24, 2.45) is 0 Å². The molecule has 0 radical (unpaired) electrons. The van der Waals surface area contributed by atoms with Crippen LogP contribution in [0.3, 0.4) is 0 Å². The molecule has 0 unspecified atom stereocenters. The van der Waals surface area contributed by atoms with Crippen molar-refractivity contribution in [2.45, 2.75) is 38.5 Å². The van der Waals surface area contributed by atoms with E-state index in [-0.39, 0.29) is 10.8 Å². The van der Waals surface area contributed by atoms with E-state index in [0.29, 0.717) is 23.2 Å². The molecule has 0 atom stereocenters. The highest BCUT2D eigenvalue weighted by molar-refractivity contribution is 6.17. The Kier molecular flexibility index (Phi) is 10.3. The molecule has 82 heavy (non-hydrogen) atoms. The molecule has 0 N–H and O–H groups in total. The smallest absolute Gasteiger partial charge is 0.187 e. The van der Waals surface area contributed by atoms with E-state index in [9.17, 15) is 0 Å². The van der Waals surface area contributed by atoms with Crippen molar-refractivity contribution < 1.29 is 0 Å². The zero-order valence-corrected chi connectivity index (χ0v) is 45.8. The third-order valence-corrected chi connectivity index (χ3v) is 17.7. The number of hydrogen-bond acceptors (Lipinski definition) is 3. The second-order valence-corrected chi connectivity index (χ2v) is 23.0. The van der Waals surface area contributed by atoms with E-state index in [2.05, 4.69) is 230 Å². The highest BCUT2D eigenvalue weighted by Crippen LogP contribution is 2.56. The third kappa shape index (κ3) is 6.90. The largest absolute Gasteiger partial charge is 0.309 e. The van der Waals surface area contributed by atoms with Crippen LogP contribution in [0, 0.1) is 6.57 Å². The van der Waals surface area contributed by atoms with Crippen molar-refractivity contribution >= 4 is 49.3 Å². The molecule has 11 aromatic carbocycles. The maximum absolute atomic E-state index is 8.08. The van der Waals surface area contributed by atoms with Crippen molar-refractivity contribution in [3.63, 3.8) is 0 Å². The molecule has 14 aromatic rings. The van der Waals surface area contributed by atoms with Crippen LogP contribution >= 0.6 is 0 Å². The number of aromatic nitrogens is 5. The first-order valence-electron chi connectivity index (χ1n) is 28.1. The Morgan fingerprint density at radius 1 is 0.329 bits per heavy atom. The van der Waals surface area contributed by atoms with Gasteiger partial charge in [-0.2, -0.15) is 0 Å². The summed E-state index contributed by atoms with van der Waals surface area (Å²) in [6.07, 6.45) is 0. The lowest BCUT2D eigenvalue weighted by Gasteiger charge is -2.23. The fourth-order valence-corrected chi connectivity index (χ4v) is 14.1. The van der Waals surface area contributed by atoms with E-state index < -0.39 is 0 Å². The highest BCUT2D eigenvalue weighted by atomic mass is 15.0. The molecule has 0 saturated carbocycles. The second-order valence-electron chi connectivity index (χ2n) is 23.0. The van der Waals surface area contributed by atoms with Crippen molar-refractivity contribution in [3.8, 4) is 90.0 Å². The first kappa shape index (κ1) is 47.5. The molecular weight excluding hydrogens is 997 g/mol. The van der Waals surface area contributed by atoms with Gasteiger partial charge in [0.15, 0.2) is 23.2 Å². The van der Waals surface area contributed by atoms with E-state index in [1.165, 1.54) is 66.1 Å². The minimum atomic E-state index is -0.257. The summed E-state index contributed by atoms with van der Waals surface area (Å²) < 4.78 is 4.99. The van der Waals surface area contributed by atoms with Crippen molar-refractivity contribution in [1.82, 2.24) is 24.1 Å². The highest BCUT2D eigenvalue weighted by Gasteiger charge is 2.40. The molecule has 16 rings (SSSR count). The number of para-hydroxylation sites is 2. The molecule has 2 aliphatic rings. The molecule has 0 spiro atoms. The molecule has 6 nitrogen and oxygen atoms in total. The first-order chi connectivity index (χ1) is 40.2. The Morgan fingerprint density at radius 3 is 1.26 bits per heavy atom. The lowest BCUT2D eigenvalue weighted by atomic mass is 9.80. The predicted octanol–water partition coefficient (Wildman–Crippen LogP) is 19.6. The van der Waals surface area contributed by atoms with Gasteiger partial charge in [0.05, 0.1) is 40.0 Å². The van der Waals surface area contributed by atoms with E-state index in [4.69, 9.17) is 21.5 Å². The Bertz CT molecular complexity index is 4990. The first-order valence-corrected chi connectivity index (χ1v) is 28.1. The van der Waals surface area contributed by atoms with E-state index in [1.54, 1.807) is 0 Å². The lowest BCUT2D eigenvalue weighted by molar-refractivity contribution is 0.666. The van der Waals surface area contributed by atoms with Crippen LogP contribution < -0.4 is 0 Å². The van der Waals surface area contributed by atoms with Gasteiger partial charge in [0.25, 0.3) is 0 Å². The van der Waals surface area contributed by atoms with Gasteiger partial charge in [0, 0.05) is 60.2 Å². The van der Waals surface area contributed by atoms with Gasteiger partial charge in [0.2, 0.25) is 0 Å². The minimum absolute atomic E-state index is 0.253. The monoisotopic (exact) mass is 1050 g/mol. The summed E-state index contributed by atoms with van der Waals surface area (Å²) >= 11 is 0. The van der Waals surface area contributed by atoms with Gasteiger partial charge in [-0.3, -0.25) is 0 Å². The van der Waals surface area contributed by atoms with Crippen LogP contribution in [0.1, 0.15) is 49.9 Å². The summed E-state index contributed by atoms with van der Waals surface area (Å²) in [4.78, 5) is 19.7. The summed E-state index contributed by atoms with van der Waals surface area (Å²) in [6.45, 7) is 17.6. The van der Waals surface area contributed by atoms with Gasteiger partial charge in [-0.05, 0) is 116 Å². The second kappa shape index (κ2) is 17.8. The zero-order chi connectivity index (χ0) is 55.0. The maximum Gasteiger partial charge on any atom is 0.187 e. The van der Waals surface area contributed by atoms with E-state index >= 15 is 0 Å². The van der Waals surface area contributed by atoms with Crippen LogP contribution in [0.4, 0.5) is 5.69 Å².